The number of anilines is 1. The zero-order valence-electron chi connectivity index (χ0n) is 14.6. The maximum atomic E-state index is 12.2. The SMILES string of the molecule is Cn1ccnc1SCc1ccc(C(=O)Nc2ccc(OCC(F)(F)F)nc2)o1. The molecule has 0 aliphatic carbocycles. The predicted octanol–water partition coefficient (Wildman–Crippen LogP) is 3.89. The number of hydrogen-bond donors (Lipinski definition) is 1. The van der Waals surface area contributed by atoms with E-state index >= 15 is 0 Å². The highest BCUT2D eigenvalue weighted by Gasteiger charge is 2.28. The van der Waals surface area contributed by atoms with Crippen molar-refractivity contribution in [2.45, 2.75) is 17.1 Å². The molecule has 3 heterocycles. The van der Waals surface area contributed by atoms with Crippen LogP contribution in [0.4, 0.5) is 18.9 Å². The number of nitrogens with one attached hydrogen (secondary N) is 1. The summed E-state index contributed by atoms with van der Waals surface area (Å²) in [6.45, 7) is -1.43. The van der Waals surface area contributed by atoms with Gasteiger partial charge in [0.05, 0.1) is 17.6 Å². The second kappa shape index (κ2) is 8.38. The van der Waals surface area contributed by atoms with Crippen molar-refractivity contribution in [2.75, 3.05) is 11.9 Å². The monoisotopic (exact) mass is 412 g/mol. The molecule has 148 valence electrons. The van der Waals surface area contributed by atoms with Crippen molar-refractivity contribution in [2.24, 2.45) is 7.05 Å². The van der Waals surface area contributed by atoms with Crippen LogP contribution in [0.1, 0.15) is 16.3 Å². The van der Waals surface area contributed by atoms with Crippen molar-refractivity contribution in [1.29, 1.82) is 0 Å². The number of hydrogen-bond acceptors (Lipinski definition) is 6. The molecule has 0 saturated heterocycles. The molecule has 0 aliphatic heterocycles. The van der Waals surface area contributed by atoms with Crippen molar-refractivity contribution in [3.63, 3.8) is 0 Å². The zero-order chi connectivity index (χ0) is 20.1. The van der Waals surface area contributed by atoms with Gasteiger partial charge in [-0.2, -0.15) is 13.2 Å². The predicted molar refractivity (Wildman–Crippen MR) is 95.2 cm³/mol. The molecule has 28 heavy (non-hydrogen) atoms. The first-order chi connectivity index (χ1) is 13.3. The van der Waals surface area contributed by atoms with E-state index in [9.17, 15) is 18.0 Å². The van der Waals surface area contributed by atoms with E-state index in [2.05, 4.69) is 20.0 Å². The van der Waals surface area contributed by atoms with Gasteiger partial charge in [0.25, 0.3) is 5.91 Å². The first-order valence-corrected chi connectivity index (χ1v) is 8.94. The summed E-state index contributed by atoms with van der Waals surface area (Å²) in [6, 6.07) is 5.85. The number of carbonyl (C=O) groups is 1. The lowest BCUT2D eigenvalue weighted by molar-refractivity contribution is -0.154. The van der Waals surface area contributed by atoms with Crippen molar-refractivity contribution in [1.82, 2.24) is 14.5 Å². The van der Waals surface area contributed by atoms with Crippen LogP contribution in [0.3, 0.4) is 0 Å². The van der Waals surface area contributed by atoms with Gasteiger partial charge in [-0.3, -0.25) is 4.79 Å². The summed E-state index contributed by atoms with van der Waals surface area (Å²) >= 11 is 1.47. The maximum absolute atomic E-state index is 12.2. The number of aryl methyl sites for hydroxylation is 1. The average Bonchev–Trinajstić information content (AvgIpc) is 3.27. The fraction of sp³-hybridized carbons (Fsp3) is 0.235. The van der Waals surface area contributed by atoms with E-state index < -0.39 is 18.7 Å². The molecule has 0 spiro atoms. The van der Waals surface area contributed by atoms with Crippen molar-refractivity contribution < 1.29 is 27.1 Å². The minimum atomic E-state index is -4.44. The summed E-state index contributed by atoms with van der Waals surface area (Å²) in [5.74, 6) is 0.520. The number of nitrogens with zero attached hydrogens (tertiary/aromatic N) is 3. The molecule has 0 unspecified atom stereocenters. The third-order valence-electron chi connectivity index (χ3n) is 3.38. The smallest absolute Gasteiger partial charge is 0.422 e. The van der Waals surface area contributed by atoms with Crippen LogP contribution in [0.15, 0.2) is 52.4 Å². The lowest BCUT2D eigenvalue weighted by Gasteiger charge is -2.08. The molecule has 11 heteroatoms. The summed E-state index contributed by atoms with van der Waals surface area (Å²) in [6.07, 6.45) is 0.276. The van der Waals surface area contributed by atoms with Crippen LogP contribution in [0.5, 0.6) is 5.88 Å². The number of thioether (sulfide) groups is 1. The van der Waals surface area contributed by atoms with Gasteiger partial charge in [0.15, 0.2) is 17.5 Å². The van der Waals surface area contributed by atoms with Crippen LogP contribution in [-0.4, -0.2) is 33.2 Å². The lowest BCUT2D eigenvalue weighted by Crippen LogP contribution is -2.19. The largest absolute Gasteiger partial charge is 0.468 e. The van der Waals surface area contributed by atoms with Gasteiger partial charge in [-0.15, -0.1) is 0 Å². The second-order valence-electron chi connectivity index (χ2n) is 5.62. The second-order valence-corrected chi connectivity index (χ2v) is 6.56. The van der Waals surface area contributed by atoms with Gasteiger partial charge in [-0.25, -0.2) is 9.97 Å². The van der Waals surface area contributed by atoms with Crippen molar-refractivity contribution >= 4 is 23.4 Å². The standard InChI is InChI=1S/C17H15F3N4O3S/c1-24-7-6-21-16(24)28-9-12-3-4-13(27-12)15(25)23-11-2-5-14(22-8-11)26-10-17(18,19)20/h2-8H,9-10H2,1H3,(H,23,25). The fourth-order valence-corrected chi connectivity index (χ4v) is 2.92. The quantitative estimate of drug-likeness (QED) is 0.593. The number of aromatic nitrogens is 3. The van der Waals surface area contributed by atoms with Crippen LogP contribution in [0, 0.1) is 0 Å². The minimum Gasteiger partial charge on any atom is -0.468 e. The molecular weight excluding hydrogens is 397 g/mol. The number of carbonyl (C=O) groups excluding carboxylic acids is 1. The summed E-state index contributed by atoms with van der Waals surface area (Å²) in [5.41, 5.74) is 0.296. The molecule has 1 N–H and O–H groups in total. The lowest BCUT2D eigenvalue weighted by atomic mass is 10.3. The minimum absolute atomic E-state index is 0.104. The number of amides is 1. The van der Waals surface area contributed by atoms with Crippen LogP contribution < -0.4 is 10.1 Å². The number of rotatable bonds is 7. The molecule has 3 aromatic heterocycles. The molecular formula is C17H15F3N4O3S. The molecule has 0 saturated carbocycles. The van der Waals surface area contributed by atoms with Crippen LogP contribution in [0.2, 0.25) is 0 Å². The van der Waals surface area contributed by atoms with Crippen LogP contribution in [-0.2, 0) is 12.8 Å². The van der Waals surface area contributed by atoms with E-state index in [1.807, 2.05) is 17.8 Å². The third-order valence-corrected chi connectivity index (χ3v) is 4.46. The van der Waals surface area contributed by atoms with Gasteiger partial charge in [0, 0.05) is 25.5 Å². The molecule has 0 radical (unpaired) electrons. The molecule has 0 atom stereocenters. The van der Waals surface area contributed by atoms with Gasteiger partial charge < -0.3 is 19.0 Å². The molecule has 0 aliphatic rings. The number of imidazole rings is 1. The fourth-order valence-electron chi connectivity index (χ4n) is 2.09. The van der Waals surface area contributed by atoms with Crippen molar-refractivity contribution in [3.8, 4) is 5.88 Å². The van der Waals surface area contributed by atoms with E-state index in [1.54, 1.807) is 12.3 Å². The Morgan fingerprint density at radius 2 is 2.11 bits per heavy atom. The van der Waals surface area contributed by atoms with Gasteiger partial charge in [0.1, 0.15) is 5.76 Å². The highest BCUT2D eigenvalue weighted by atomic mass is 32.2. The third kappa shape index (κ3) is 5.52. The molecule has 0 bridgehead atoms. The van der Waals surface area contributed by atoms with E-state index in [-0.39, 0.29) is 11.6 Å². The molecule has 0 fully saturated rings. The van der Waals surface area contributed by atoms with Crippen LogP contribution >= 0.6 is 11.8 Å². The van der Waals surface area contributed by atoms with E-state index in [0.29, 0.717) is 17.2 Å². The average molecular weight is 412 g/mol. The number of ether oxygens (including phenoxy) is 1. The zero-order valence-corrected chi connectivity index (χ0v) is 15.4. The van der Waals surface area contributed by atoms with E-state index in [0.717, 1.165) is 5.16 Å². The number of pyridine rings is 1. The van der Waals surface area contributed by atoms with Gasteiger partial charge in [0.2, 0.25) is 5.88 Å². The topological polar surface area (TPSA) is 82.2 Å². The Hall–Kier alpha value is -2.95. The van der Waals surface area contributed by atoms with Crippen molar-refractivity contribution in [3.05, 3.63) is 54.4 Å². The summed E-state index contributed by atoms with van der Waals surface area (Å²) in [5, 5.41) is 3.37. The molecule has 3 rings (SSSR count). The highest BCUT2D eigenvalue weighted by molar-refractivity contribution is 7.98. The summed E-state index contributed by atoms with van der Waals surface area (Å²) in [4.78, 5) is 20.1. The first-order valence-electron chi connectivity index (χ1n) is 7.96. The molecule has 3 aromatic rings. The van der Waals surface area contributed by atoms with Gasteiger partial charge in [-0.05, 0) is 18.2 Å². The Labute approximate surface area is 161 Å². The van der Waals surface area contributed by atoms with E-state index in [4.69, 9.17) is 4.42 Å². The number of furan rings is 1. The number of alkyl halides is 3. The molecule has 7 nitrogen and oxygen atoms in total. The normalized spacial score (nSPS) is 11.4. The molecule has 1 amide bonds. The maximum Gasteiger partial charge on any atom is 0.422 e. The Morgan fingerprint density at radius 3 is 2.75 bits per heavy atom. The summed E-state index contributed by atoms with van der Waals surface area (Å²) < 4.78 is 48.2. The highest BCUT2D eigenvalue weighted by Crippen LogP contribution is 2.22. The Balaban J connectivity index is 1.53. The summed E-state index contributed by atoms with van der Waals surface area (Å²) in [7, 11) is 1.88. The number of halogens is 3. The Kier molecular flexibility index (Phi) is 5.93. The Bertz CT molecular complexity index is 938. The molecule has 0 aromatic carbocycles. The van der Waals surface area contributed by atoms with Gasteiger partial charge in [-0.1, -0.05) is 11.8 Å². The first kappa shape index (κ1) is 19.8. The Morgan fingerprint density at radius 1 is 1.29 bits per heavy atom. The van der Waals surface area contributed by atoms with Gasteiger partial charge >= 0.3 is 6.18 Å². The van der Waals surface area contributed by atoms with Crippen LogP contribution in [0.25, 0.3) is 0 Å². The van der Waals surface area contributed by atoms with E-state index in [1.165, 1.54) is 36.2 Å².